The average Bonchev–Trinajstić information content (AvgIpc) is 3.20. The van der Waals surface area contributed by atoms with Crippen LogP contribution in [0.25, 0.3) is 0 Å². The molecule has 2 aliphatic rings. The number of fused-ring (bicyclic) bond motifs is 1. The highest BCUT2D eigenvalue weighted by molar-refractivity contribution is 6.05. The van der Waals surface area contributed by atoms with Crippen LogP contribution in [0.5, 0.6) is 11.5 Å². The highest BCUT2D eigenvalue weighted by Gasteiger charge is 2.44. The van der Waals surface area contributed by atoms with E-state index in [0.717, 1.165) is 31.4 Å². The molecule has 2 amide bonds. The molecule has 4 rings (SSSR count). The Hall–Kier alpha value is -3.02. The molecule has 6 heteroatoms. The minimum atomic E-state index is -0.516. The van der Waals surface area contributed by atoms with E-state index in [1.54, 1.807) is 36.4 Å². The standard InChI is InChI=1S/C20H20N2O4/c1-13(23)21-15-6-4-5-14(11-15)19(24)22-16-7-8-17-18(12-16)26-20(25-17)9-2-3-10-20/h4-8,11-12H,2-3,9-10H2,1H3,(H,21,23)(H,22,24). The lowest BCUT2D eigenvalue weighted by Gasteiger charge is -2.21. The predicted molar refractivity (Wildman–Crippen MR) is 97.6 cm³/mol. The maximum Gasteiger partial charge on any atom is 0.255 e. The van der Waals surface area contributed by atoms with E-state index in [1.807, 2.05) is 6.07 Å². The zero-order valence-electron chi connectivity index (χ0n) is 14.5. The van der Waals surface area contributed by atoms with Crippen LogP contribution >= 0.6 is 0 Å². The Balaban J connectivity index is 1.48. The maximum absolute atomic E-state index is 12.5. The van der Waals surface area contributed by atoms with Gasteiger partial charge in [0.25, 0.3) is 11.7 Å². The Kier molecular flexibility index (Phi) is 4.03. The number of carbonyl (C=O) groups excluding carboxylic acids is 2. The van der Waals surface area contributed by atoms with Crippen molar-refractivity contribution in [3.05, 3.63) is 48.0 Å². The number of carbonyl (C=O) groups is 2. The van der Waals surface area contributed by atoms with Crippen LogP contribution in [0.3, 0.4) is 0 Å². The molecular weight excluding hydrogens is 332 g/mol. The van der Waals surface area contributed by atoms with Gasteiger partial charge in [0.15, 0.2) is 11.5 Å². The molecule has 1 spiro atoms. The van der Waals surface area contributed by atoms with Gasteiger partial charge in [-0.3, -0.25) is 9.59 Å². The maximum atomic E-state index is 12.5. The number of nitrogens with one attached hydrogen (secondary N) is 2. The van der Waals surface area contributed by atoms with Crippen molar-refractivity contribution in [1.82, 2.24) is 0 Å². The summed E-state index contributed by atoms with van der Waals surface area (Å²) in [7, 11) is 0. The molecule has 1 aliphatic heterocycles. The molecule has 0 atom stereocenters. The van der Waals surface area contributed by atoms with E-state index in [0.29, 0.717) is 22.7 Å². The van der Waals surface area contributed by atoms with Gasteiger partial charge in [0.1, 0.15) is 0 Å². The number of rotatable bonds is 3. The normalized spacial score (nSPS) is 16.5. The monoisotopic (exact) mass is 352 g/mol. The van der Waals surface area contributed by atoms with Crippen molar-refractivity contribution in [2.45, 2.75) is 38.4 Å². The molecule has 0 aromatic heterocycles. The van der Waals surface area contributed by atoms with Crippen LogP contribution < -0.4 is 20.1 Å². The fourth-order valence-electron chi connectivity index (χ4n) is 3.43. The molecule has 2 N–H and O–H groups in total. The van der Waals surface area contributed by atoms with E-state index in [4.69, 9.17) is 9.47 Å². The summed E-state index contributed by atoms with van der Waals surface area (Å²) in [5, 5.41) is 5.53. The van der Waals surface area contributed by atoms with Crippen molar-refractivity contribution in [1.29, 1.82) is 0 Å². The topological polar surface area (TPSA) is 76.7 Å². The molecule has 26 heavy (non-hydrogen) atoms. The third-order valence-corrected chi connectivity index (χ3v) is 4.60. The Morgan fingerprint density at radius 2 is 1.65 bits per heavy atom. The van der Waals surface area contributed by atoms with Gasteiger partial charge in [0, 0.05) is 42.8 Å². The van der Waals surface area contributed by atoms with Gasteiger partial charge < -0.3 is 20.1 Å². The molecule has 1 heterocycles. The number of ether oxygens (including phenoxy) is 2. The lowest BCUT2D eigenvalue weighted by Crippen LogP contribution is -2.34. The lowest BCUT2D eigenvalue weighted by molar-refractivity contribution is -0.114. The van der Waals surface area contributed by atoms with Gasteiger partial charge in [0.2, 0.25) is 5.91 Å². The fourth-order valence-corrected chi connectivity index (χ4v) is 3.43. The molecule has 0 bridgehead atoms. The Labute approximate surface area is 151 Å². The zero-order valence-corrected chi connectivity index (χ0v) is 14.5. The van der Waals surface area contributed by atoms with E-state index in [1.165, 1.54) is 6.92 Å². The first-order valence-corrected chi connectivity index (χ1v) is 8.74. The zero-order chi connectivity index (χ0) is 18.1. The van der Waals surface area contributed by atoms with Crippen molar-refractivity contribution in [2.24, 2.45) is 0 Å². The van der Waals surface area contributed by atoms with E-state index in [2.05, 4.69) is 10.6 Å². The predicted octanol–water partition coefficient (Wildman–Crippen LogP) is 3.94. The quantitative estimate of drug-likeness (QED) is 0.877. The molecule has 2 aromatic carbocycles. The summed E-state index contributed by atoms with van der Waals surface area (Å²) in [6, 6.07) is 12.2. The summed E-state index contributed by atoms with van der Waals surface area (Å²) in [6.45, 7) is 1.43. The van der Waals surface area contributed by atoms with E-state index in [9.17, 15) is 9.59 Å². The van der Waals surface area contributed by atoms with Crippen LogP contribution in [0.2, 0.25) is 0 Å². The van der Waals surface area contributed by atoms with Crippen molar-refractivity contribution in [3.8, 4) is 11.5 Å². The lowest BCUT2D eigenvalue weighted by atomic mass is 10.1. The number of benzene rings is 2. The summed E-state index contributed by atoms with van der Waals surface area (Å²) in [5.74, 6) is 0.428. The highest BCUT2D eigenvalue weighted by Crippen LogP contribution is 2.47. The summed E-state index contributed by atoms with van der Waals surface area (Å²) in [5.41, 5.74) is 1.68. The van der Waals surface area contributed by atoms with Crippen molar-refractivity contribution in [2.75, 3.05) is 10.6 Å². The van der Waals surface area contributed by atoms with Crippen LogP contribution in [-0.4, -0.2) is 17.6 Å². The third-order valence-electron chi connectivity index (χ3n) is 4.60. The summed E-state index contributed by atoms with van der Waals surface area (Å²) < 4.78 is 12.0. The first kappa shape index (κ1) is 16.4. The molecule has 134 valence electrons. The van der Waals surface area contributed by atoms with Gasteiger partial charge in [-0.25, -0.2) is 0 Å². The van der Waals surface area contributed by atoms with Gasteiger partial charge in [-0.05, 0) is 43.2 Å². The summed E-state index contributed by atoms with van der Waals surface area (Å²) in [6.07, 6.45) is 3.98. The van der Waals surface area contributed by atoms with Crippen molar-refractivity contribution < 1.29 is 19.1 Å². The highest BCUT2D eigenvalue weighted by atomic mass is 16.7. The molecule has 0 unspecified atom stereocenters. The van der Waals surface area contributed by atoms with Gasteiger partial charge in [-0.1, -0.05) is 6.07 Å². The van der Waals surface area contributed by atoms with Crippen LogP contribution in [0, 0.1) is 0 Å². The largest absolute Gasteiger partial charge is 0.448 e. The second-order valence-corrected chi connectivity index (χ2v) is 6.70. The number of anilines is 2. The minimum Gasteiger partial charge on any atom is -0.448 e. The number of amides is 2. The van der Waals surface area contributed by atoms with Gasteiger partial charge in [-0.15, -0.1) is 0 Å². The first-order valence-electron chi connectivity index (χ1n) is 8.74. The van der Waals surface area contributed by atoms with E-state index in [-0.39, 0.29) is 11.8 Å². The second-order valence-electron chi connectivity index (χ2n) is 6.70. The Bertz CT molecular complexity index is 872. The molecule has 6 nitrogen and oxygen atoms in total. The van der Waals surface area contributed by atoms with Crippen molar-refractivity contribution >= 4 is 23.2 Å². The first-order chi connectivity index (χ1) is 12.5. The molecule has 1 saturated carbocycles. The number of hydrogen-bond acceptors (Lipinski definition) is 4. The van der Waals surface area contributed by atoms with Crippen LogP contribution in [0.1, 0.15) is 43.0 Å². The van der Waals surface area contributed by atoms with E-state index >= 15 is 0 Å². The van der Waals surface area contributed by atoms with Gasteiger partial charge in [-0.2, -0.15) is 0 Å². The molecule has 1 aliphatic carbocycles. The van der Waals surface area contributed by atoms with Crippen LogP contribution in [0.4, 0.5) is 11.4 Å². The van der Waals surface area contributed by atoms with Crippen LogP contribution in [0.15, 0.2) is 42.5 Å². The molecule has 2 aromatic rings. The summed E-state index contributed by atoms with van der Waals surface area (Å²) in [4.78, 5) is 23.7. The second kappa shape index (κ2) is 6.37. The SMILES string of the molecule is CC(=O)Nc1cccc(C(=O)Nc2ccc3c(c2)OC2(CCCC2)O3)c1. The summed E-state index contributed by atoms with van der Waals surface area (Å²) >= 11 is 0. The number of hydrogen-bond donors (Lipinski definition) is 2. The van der Waals surface area contributed by atoms with Gasteiger partial charge in [0.05, 0.1) is 0 Å². The fraction of sp³-hybridized carbons (Fsp3) is 0.300. The average molecular weight is 352 g/mol. The molecule has 0 saturated heterocycles. The minimum absolute atomic E-state index is 0.181. The van der Waals surface area contributed by atoms with Gasteiger partial charge >= 0.3 is 0 Å². The molecule has 0 radical (unpaired) electrons. The Morgan fingerprint density at radius 1 is 0.923 bits per heavy atom. The smallest absolute Gasteiger partial charge is 0.255 e. The Morgan fingerprint density at radius 3 is 2.42 bits per heavy atom. The van der Waals surface area contributed by atoms with E-state index < -0.39 is 5.79 Å². The van der Waals surface area contributed by atoms with Crippen molar-refractivity contribution in [3.63, 3.8) is 0 Å². The molecule has 1 fully saturated rings. The van der Waals surface area contributed by atoms with Crippen LogP contribution in [-0.2, 0) is 4.79 Å². The molecular formula is C20H20N2O4. The third kappa shape index (κ3) is 3.22.